The third kappa shape index (κ3) is 7.58. The number of hydrogen-bond acceptors (Lipinski definition) is 8. The number of nitrogens with zero attached hydrogens (tertiary/aromatic N) is 1. The predicted molar refractivity (Wildman–Crippen MR) is 64.1 cm³/mol. The molecule has 1 aliphatic rings. The van der Waals surface area contributed by atoms with Gasteiger partial charge in [0, 0.05) is 13.7 Å². The van der Waals surface area contributed by atoms with E-state index in [2.05, 4.69) is 14.3 Å². The molecule has 2 atom stereocenters. The third-order valence-electron chi connectivity index (χ3n) is 2.32. The molecule has 1 aliphatic heterocycles. The van der Waals surface area contributed by atoms with Gasteiger partial charge in [-0.05, 0) is 18.1 Å². The van der Waals surface area contributed by atoms with Crippen LogP contribution in [0.5, 0.6) is 0 Å². The van der Waals surface area contributed by atoms with Crippen molar-refractivity contribution in [3.05, 3.63) is 0 Å². The number of carbonyl (C=O) groups excluding carboxylic acids is 1. The van der Waals surface area contributed by atoms with E-state index in [0.717, 1.165) is 13.0 Å². The number of ether oxygens (including phenoxy) is 4. The lowest BCUT2D eigenvalue weighted by Crippen LogP contribution is -2.34. The molecule has 0 spiro atoms. The number of epoxide rings is 1. The normalized spacial score (nSPS) is 18.6. The average Bonchev–Trinajstić information content (AvgIpc) is 3.25. The van der Waals surface area contributed by atoms with Crippen molar-refractivity contribution in [1.82, 2.24) is 5.23 Å². The minimum absolute atomic E-state index is 0.245. The molecular weight excluding hydrogens is 274 g/mol. The molecule has 9 nitrogen and oxygen atoms in total. The summed E-state index contributed by atoms with van der Waals surface area (Å²) < 4.78 is 19.1. The van der Waals surface area contributed by atoms with Crippen LogP contribution in [0.2, 0.25) is 0 Å². The fraction of sp³-hybridized carbons (Fsp3) is 0.909. The van der Waals surface area contributed by atoms with Gasteiger partial charge in [-0.3, -0.25) is 0 Å². The number of unbranched alkanes of at least 4 members (excludes halogenated alkanes) is 1. The summed E-state index contributed by atoms with van der Waals surface area (Å²) in [5, 5.41) is 9.49. The van der Waals surface area contributed by atoms with Crippen LogP contribution in [-0.4, -0.2) is 69.7 Å². The van der Waals surface area contributed by atoms with Crippen LogP contribution in [0.1, 0.15) is 12.8 Å². The highest BCUT2D eigenvalue weighted by Gasteiger charge is 2.22. The van der Waals surface area contributed by atoms with Gasteiger partial charge < -0.3 is 24.1 Å². The van der Waals surface area contributed by atoms with Crippen molar-refractivity contribution in [2.45, 2.75) is 25.4 Å². The Morgan fingerprint density at radius 3 is 2.70 bits per heavy atom. The minimum atomic E-state index is -1.67. The summed E-state index contributed by atoms with van der Waals surface area (Å²) in [5.41, 5.74) is 0. The monoisotopic (exact) mass is 295 g/mol. The van der Waals surface area contributed by atoms with Gasteiger partial charge in [-0.2, -0.15) is 0 Å². The lowest BCUT2D eigenvalue weighted by molar-refractivity contribution is -0.338. The number of hydrogen-bond donors (Lipinski definition) is 1. The maximum atomic E-state index is 11.4. The summed E-state index contributed by atoms with van der Waals surface area (Å²) in [5.74, 6) is 0. The average molecular weight is 295 g/mol. The smallest absolute Gasteiger partial charge is 0.391 e. The molecule has 1 heterocycles. The summed E-state index contributed by atoms with van der Waals surface area (Å²) in [4.78, 5) is 21.0. The number of amides is 1. The second-order valence-corrected chi connectivity index (χ2v) is 3.94. The molecule has 0 aromatic carbocycles. The quantitative estimate of drug-likeness (QED) is 0.247. The summed E-state index contributed by atoms with van der Waals surface area (Å²) in [6.45, 7) is 0.577. The van der Waals surface area contributed by atoms with Gasteiger partial charge in [-0.15, -0.1) is 0 Å². The van der Waals surface area contributed by atoms with E-state index in [-0.39, 0.29) is 12.7 Å². The number of aliphatic hydroxyl groups excluding tert-OH is 1. The highest BCUT2D eigenvalue weighted by molar-refractivity contribution is 5.64. The SMILES string of the molecule is COC(O)OC(=O)N(OC)OCCCCOCC1CO1. The molecule has 0 aromatic heterocycles. The van der Waals surface area contributed by atoms with Gasteiger partial charge in [0.15, 0.2) is 0 Å². The van der Waals surface area contributed by atoms with E-state index in [1.54, 1.807) is 0 Å². The Morgan fingerprint density at radius 1 is 1.40 bits per heavy atom. The maximum Gasteiger partial charge on any atom is 0.463 e. The molecule has 1 saturated heterocycles. The van der Waals surface area contributed by atoms with E-state index >= 15 is 0 Å². The van der Waals surface area contributed by atoms with E-state index in [1.165, 1.54) is 14.2 Å². The molecule has 9 heteroatoms. The molecule has 1 rings (SSSR count). The molecular formula is C11H21NO8. The lowest BCUT2D eigenvalue weighted by atomic mass is 10.3. The largest absolute Gasteiger partial charge is 0.463 e. The van der Waals surface area contributed by atoms with Crippen LogP contribution in [0.15, 0.2) is 0 Å². The first kappa shape index (κ1) is 17.1. The highest BCUT2D eigenvalue weighted by atomic mass is 17.0. The summed E-state index contributed by atoms with van der Waals surface area (Å²) in [6, 6.07) is 0. The van der Waals surface area contributed by atoms with E-state index in [0.29, 0.717) is 24.9 Å². The first-order chi connectivity index (χ1) is 9.67. The van der Waals surface area contributed by atoms with Crippen molar-refractivity contribution < 1.29 is 38.5 Å². The van der Waals surface area contributed by atoms with Crippen molar-refractivity contribution in [3.8, 4) is 0 Å². The zero-order chi connectivity index (χ0) is 14.8. The highest BCUT2D eigenvalue weighted by Crippen LogP contribution is 2.08. The Bertz CT molecular complexity index is 273. The van der Waals surface area contributed by atoms with Gasteiger partial charge in [0.1, 0.15) is 6.10 Å². The molecule has 1 N–H and O–H groups in total. The molecule has 1 amide bonds. The first-order valence-corrected chi connectivity index (χ1v) is 6.25. The minimum Gasteiger partial charge on any atom is -0.391 e. The second kappa shape index (κ2) is 9.86. The van der Waals surface area contributed by atoms with E-state index in [1.807, 2.05) is 0 Å². The molecule has 0 bridgehead atoms. The summed E-state index contributed by atoms with van der Waals surface area (Å²) in [7, 11) is 2.42. The molecule has 118 valence electrons. The van der Waals surface area contributed by atoms with Crippen LogP contribution in [0, 0.1) is 0 Å². The van der Waals surface area contributed by atoms with Crippen LogP contribution >= 0.6 is 0 Å². The Hall–Kier alpha value is -0.970. The molecule has 2 unspecified atom stereocenters. The van der Waals surface area contributed by atoms with Gasteiger partial charge in [0.2, 0.25) is 0 Å². The molecule has 0 aliphatic carbocycles. The fourth-order valence-electron chi connectivity index (χ4n) is 1.19. The van der Waals surface area contributed by atoms with Crippen LogP contribution in [0.3, 0.4) is 0 Å². The Morgan fingerprint density at radius 2 is 2.10 bits per heavy atom. The topological polar surface area (TPSA) is 99.2 Å². The Balaban J connectivity index is 1.99. The second-order valence-electron chi connectivity index (χ2n) is 3.94. The van der Waals surface area contributed by atoms with Crippen molar-refractivity contribution in [2.75, 3.05) is 40.6 Å². The molecule has 0 radical (unpaired) electrons. The lowest BCUT2D eigenvalue weighted by Gasteiger charge is -2.19. The predicted octanol–water partition coefficient (Wildman–Crippen LogP) is 0.0359. The van der Waals surface area contributed by atoms with Gasteiger partial charge in [-0.25, -0.2) is 14.5 Å². The third-order valence-corrected chi connectivity index (χ3v) is 2.32. The van der Waals surface area contributed by atoms with Crippen LogP contribution in [0.25, 0.3) is 0 Å². The number of rotatable bonds is 11. The van der Waals surface area contributed by atoms with Crippen LogP contribution in [-0.2, 0) is 28.6 Å². The van der Waals surface area contributed by atoms with Crippen molar-refractivity contribution in [1.29, 1.82) is 0 Å². The fourth-order valence-corrected chi connectivity index (χ4v) is 1.19. The van der Waals surface area contributed by atoms with Gasteiger partial charge in [-0.1, -0.05) is 0 Å². The number of hydroxylamine groups is 2. The zero-order valence-electron chi connectivity index (χ0n) is 11.6. The number of carbonyl (C=O) groups is 1. The van der Waals surface area contributed by atoms with Crippen LogP contribution < -0.4 is 0 Å². The molecule has 0 aromatic rings. The molecule has 0 saturated carbocycles. The van der Waals surface area contributed by atoms with E-state index in [4.69, 9.17) is 19.4 Å². The van der Waals surface area contributed by atoms with Crippen molar-refractivity contribution in [2.24, 2.45) is 0 Å². The van der Waals surface area contributed by atoms with E-state index < -0.39 is 12.6 Å². The van der Waals surface area contributed by atoms with Crippen LogP contribution in [0.4, 0.5) is 4.79 Å². The Kier molecular flexibility index (Phi) is 8.42. The number of aliphatic hydroxyl groups is 1. The molecule has 1 fully saturated rings. The van der Waals surface area contributed by atoms with Gasteiger partial charge >= 0.3 is 12.6 Å². The summed E-state index contributed by atoms with van der Waals surface area (Å²) in [6.07, 6.45) is 0.701. The standard InChI is InChI=1S/C11H21NO8/c1-15-11(14)20-10(13)12(16-2)19-6-4-3-5-17-7-9-8-18-9/h9,11,14H,3-8H2,1-2H3. The zero-order valence-corrected chi connectivity index (χ0v) is 11.6. The molecule has 20 heavy (non-hydrogen) atoms. The van der Waals surface area contributed by atoms with Crippen molar-refractivity contribution in [3.63, 3.8) is 0 Å². The Labute approximate surface area is 117 Å². The van der Waals surface area contributed by atoms with Crippen molar-refractivity contribution >= 4 is 6.09 Å². The first-order valence-electron chi connectivity index (χ1n) is 6.25. The maximum absolute atomic E-state index is 11.4. The van der Waals surface area contributed by atoms with E-state index in [9.17, 15) is 4.79 Å². The van der Waals surface area contributed by atoms with Gasteiger partial charge in [0.25, 0.3) is 0 Å². The summed E-state index contributed by atoms with van der Waals surface area (Å²) >= 11 is 0. The van der Waals surface area contributed by atoms with Gasteiger partial charge in [0.05, 0.1) is 26.9 Å². The number of methoxy groups -OCH3 is 1.